The third kappa shape index (κ3) is 12.7. The molecule has 3 N–H and O–H groups in total. The van der Waals surface area contributed by atoms with Crippen LogP contribution >= 0.6 is 24.0 Å². The zero-order valence-electron chi connectivity index (χ0n) is 16.5. The third-order valence-electron chi connectivity index (χ3n) is 4.05. The van der Waals surface area contributed by atoms with Crippen molar-refractivity contribution in [3.63, 3.8) is 0 Å². The Bertz CT molecular complexity index is 391. The molecule has 1 amide bonds. The van der Waals surface area contributed by atoms with Crippen molar-refractivity contribution >= 4 is 35.8 Å². The predicted octanol–water partition coefficient (Wildman–Crippen LogP) is 2.05. The summed E-state index contributed by atoms with van der Waals surface area (Å²) in [6.07, 6.45) is 4.79. The van der Waals surface area contributed by atoms with Crippen LogP contribution in [0.5, 0.6) is 0 Å². The monoisotopic (exact) mass is 484 g/mol. The Morgan fingerprint density at radius 3 is 2.81 bits per heavy atom. The molecule has 1 heterocycles. The predicted molar refractivity (Wildman–Crippen MR) is 116 cm³/mol. The van der Waals surface area contributed by atoms with Crippen molar-refractivity contribution in [3.05, 3.63) is 0 Å². The fraction of sp³-hybridized carbons (Fsp3) is 0.889. The van der Waals surface area contributed by atoms with Crippen molar-refractivity contribution in [2.75, 3.05) is 39.5 Å². The molecule has 0 bridgehead atoms. The molecule has 8 heteroatoms. The zero-order valence-corrected chi connectivity index (χ0v) is 18.8. The number of carbonyl (C=O) groups excluding carboxylic acids is 1. The molecule has 0 aromatic heterocycles. The second kappa shape index (κ2) is 16.6. The van der Waals surface area contributed by atoms with Crippen molar-refractivity contribution < 1.29 is 14.3 Å². The van der Waals surface area contributed by atoms with Gasteiger partial charge in [-0.05, 0) is 39.5 Å². The van der Waals surface area contributed by atoms with Crippen molar-refractivity contribution in [1.82, 2.24) is 16.0 Å². The summed E-state index contributed by atoms with van der Waals surface area (Å²) < 4.78 is 11.2. The number of amides is 1. The average molecular weight is 484 g/mol. The Balaban J connectivity index is 0.00000625. The van der Waals surface area contributed by atoms with Gasteiger partial charge in [0.15, 0.2) is 5.96 Å². The highest BCUT2D eigenvalue weighted by molar-refractivity contribution is 14.0. The molecule has 1 rings (SSSR count). The maximum Gasteiger partial charge on any atom is 0.221 e. The first kappa shape index (κ1) is 25.4. The van der Waals surface area contributed by atoms with E-state index in [-0.39, 0.29) is 42.0 Å². The number of carbonyl (C=O) groups is 1. The van der Waals surface area contributed by atoms with Crippen LogP contribution in [0.2, 0.25) is 0 Å². The van der Waals surface area contributed by atoms with Gasteiger partial charge < -0.3 is 25.4 Å². The summed E-state index contributed by atoms with van der Waals surface area (Å²) in [6, 6.07) is 0.226. The molecular weight excluding hydrogens is 447 g/mol. The molecule has 1 aliphatic rings. The number of hydrogen-bond acceptors (Lipinski definition) is 4. The first-order valence-corrected chi connectivity index (χ1v) is 9.66. The molecule has 2 unspecified atom stereocenters. The first-order valence-electron chi connectivity index (χ1n) is 9.66. The minimum absolute atomic E-state index is 0. The van der Waals surface area contributed by atoms with Gasteiger partial charge in [0.05, 0.1) is 12.7 Å². The molecule has 2 atom stereocenters. The van der Waals surface area contributed by atoms with Crippen LogP contribution in [-0.2, 0) is 14.3 Å². The molecule has 1 saturated heterocycles. The minimum Gasteiger partial charge on any atom is -0.379 e. The third-order valence-corrected chi connectivity index (χ3v) is 4.05. The van der Waals surface area contributed by atoms with Gasteiger partial charge in [-0.2, -0.15) is 0 Å². The first-order chi connectivity index (χ1) is 12.2. The molecule has 0 aliphatic carbocycles. The van der Waals surface area contributed by atoms with Gasteiger partial charge in [-0.1, -0.05) is 6.92 Å². The van der Waals surface area contributed by atoms with E-state index in [2.05, 4.69) is 27.9 Å². The standard InChI is InChI=1S/C18H36N4O3.HI/c1-4-15(3)22-17(23)9-11-21-18(19-5-2)20-10-7-12-24-14-16-8-6-13-25-16;/h15-16H,4-14H2,1-3H3,(H,22,23)(H2,19,20,21);1H. The summed E-state index contributed by atoms with van der Waals surface area (Å²) >= 11 is 0. The van der Waals surface area contributed by atoms with Crippen LogP contribution in [0.1, 0.15) is 52.9 Å². The molecular formula is C18H37IN4O3. The van der Waals surface area contributed by atoms with E-state index in [1.807, 2.05) is 13.8 Å². The fourth-order valence-electron chi connectivity index (χ4n) is 2.43. The van der Waals surface area contributed by atoms with Crippen LogP contribution in [-0.4, -0.2) is 63.5 Å². The molecule has 0 radical (unpaired) electrons. The second-order valence-electron chi connectivity index (χ2n) is 6.38. The Morgan fingerprint density at radius 2 is 2.15 bits per heavy atom. The summed E-state index contributed by atoms with van der Waals surface area (Å²) in [5, 5.41) is 9.34. The lowest BCUT2D eigenvalue weighted by molar-refractivity contribution is -0.121. The number of rotatable bonds is 12. The topological polar surface area (TPSA) is 84.0 Å². The van der Waals surface area contributed by atoms with Crippen LogP contribution in [0.4, 0.5) is 0 Å². The summed E-state index contributed by atoms with van der Waals surface area (Å²) in [5.41, 5.74) is 0. The lowest BCUT2D eigenvalue weighted by Gasteiger charge is -2.13. The van der Waals surface area contributed by atoms with Crippen LogP contribution in [0.3, 0.4) is 0 Å². The molecule has 0 spiro atoms. The number of ether oxygens (including phenoxy) is 2. The van der Waals surface area contributed by atoms with Gasteiger partial charge in [0.2, 0.25) is 5.91 Å². The van der Waals surface area contributed by atoms with Crippen LogP contribution in [0.25, 0.3) is 0 Å². The smallest absolute Gasteiger partial charge is 0.221 e. The summed E-state index contributed by atoms with van der Waals surface area (Å²) in [6.45, 7) is 10.4. The van der Waals surface area contributed by atoms with Crippen molar-refractivity contribution in [2.45, 2.75) is 65.0 Å². The highest BCUT2D eigenvalue weighted by Crippen LogP contribution is 2.11. The second-order valence-corrected chi connectivity index (χ2v) is 6.38. The lowest BCUT2D eigenvalue weighted by Crippen LogP contribution is -2.40. The van der Waals surface area contributed by atoms with Gasteiger partial charge in [0.1, 0.15) is 0 Å². The highest BCUT2D eigenvalue weighted by Gasteiger charge is 2.14. The van der Waals surface area contributed by atoms with E-state index in [9.17, 15) is 4.79 Å². The van der Waals surface area contributed by atoms with Gasteiger partial charge >= 0.3 is 0 Å². The highest BCUT2D eigenvalue weighted by atomic mass is 127. The van der Waals surface area contributed by atoms with Gasteiger partial charge in [-0.3, -0.25) is 9.79 Å². The number of nitrogens with zero attached hydrogens (tertiary/aromatic N) is 1. The van der Waals surface area contributed by atoms with Crippen molar-refractivity contribution in [2.24, 2.45) is 4.99 Å². The van der Waals surface area contributed by atoms with Crippen LogP contribution < -0.4 is 16.0 Å². The minimum atomic E-state index is 0. The van der Waals surface area contributed by atoms with E-state index in [0.717, 1.165) is 44.8 Å². The summed E-state index contributed by atoms with van der Waals surface area (Å²) in [7, 11) is 0. The summed E-state index contributed by atoms with van der Waals surface area (Å²) in [5.74, 6) is 0.818. The van der Waals surface area contributed by atoms with Gasteiger partial charge in [0, 0.05) is 45.3 Å². The maximum atomic E-state index is 11.8. The molecule has 26 heavy (non-hydrogen) atoms. The number of guanidine groups is 1. The van der Waals surface area contributed by atoms with Crippen LogP contribution in [0.15, 0.2) is 4.99 Å². The van der Waals surface area contributed by atoms with Crippen LogP contribution in [0, 0.1) is 0 Å². The maximum absolute atomic E-state index is 11.8. The van der Waals surface area contributed by atoms with E-state index >= 15 is 0 Å². The van der Waals surface area contributed by atoms with E-state index in [1.54, 1.807) is 0 Å². The number of halogens is 1. The molecule has 1 aliphatic heterocycles. The van der Waals surface area contributed by atoms with E-state index < -0.39 is 0 Å². The summed E-state index contributed by atoms with van der Waals surface area (Å²) in [4.78, 5) is 16.3. The Labute approximate surface area is 175 Å². The Kier molecular flexibility index (Phi) is 16.2. The van der Waals surface area contributed by atoms with Gasteiger partial charge in [-0.25, -0.2) is 0 Å². The fourth-order valence-corrected chi connectivity index (χ4v) is 2.43. The van der Waals surface area contributed by atoms with Crippen molar-refractivity contribution in [3.8, 4) is 0 Å². The van der Waals surface area contributed by atoms with Gasteiger partial charge in [0.25, 0.3) is 0 Å². The Hall–Kier alpha value is -0.610. The molecule has 1 fully saturated rings. The molecule has 0 aromatic rings. The number of aliphatic imine (C=N–C) groups is 1. The Morgan fingerprint density at radius 1 is 1.35 bits per heavy atom. The normalized spacial score (nSPS) is 18.1. The van der Waals surface area contributed by atoms with E-state index in [1.165, 1.54) is 0 Å². The van der Waals surface area contributed by atoms with E-state index in [0.29, 0.717) is 32.7 Å². The number of nitrogens with one attached hydrogen (secondary N) is 3. The molecule has 154 valence electrons. The average Bonchev–Trinajstić information content (AvgIpc) is 3.11. The molecule has 0 aromatic carbocycles. The largest absolute Gasteiger partial charge is 0.379 e. The molecule has 0 saturated carbocycles. The molecule has 7 nitrogen and oxygen atoms in total. The quantitative estimate of drug-likeness (QED) is 0.171. The lowest BCUT2D eigenvalue weighted by atomic mass is 10.2. The van der Waals surface area contributed by atoms with Gasteiger partial charge in [-0.15, -0.1) is 24.0 Å². The van der Waals surface area contributed by atoms with Crippen molar-refractivity contribution in [1.29, 1.82) is 0 Å². The number of hydrogen-bond donors (Lipinski definition) is 3. The van der Waals surface area contributed by atoms with E-state index in [4.69, 9.17) is 9.47 Å². The zero-order chi connectivity index (χ0) is 18.3. The SMILES string of the molecule is CCNC(=NCCCOCC1CCCO1)NCCC(=O)NC(C)CC.I.